The molecule has 0 aromatic heterocycles. The van der Waals surface area contributed by atoms with Gasteiger partial charge in [0.05, 0.1) is 71.1 Å². The molecule has 1 saturated heterocycles. The lowest BCUT2D eigenvalue weighted by atomic mass is 9.84. The van der Waals surface area contributed by atoms with Crippen LogP contribution in [-0.4, -0.2) is 101 Å². The van der Waals surface area contributed by atoms with Crippen molar-refractivity contribution in [3.05, 3.63) is 125 Å². The molecule has 2 aliphatic rings. The highest BCUT2D eigenvalue weighted by Crippen LogP contribution is 2.36. The number of rotatable bonds is 18. The molecule has 0 unspecified atom stereocenters. The summed E-state index contributed by atoms with van der Waals surface area (Å²) in [5, 5.41) is 10.9. The van der Waals surface area contributed by atoms with Gasteiger partial charge in [-0.3, -0.25) is 0 Å². The van der Waals surface area contributed by atoms with E-state index in [2.05, 4.69) is 11.0 Å². The number of hydrogen-bond acceptors (Lipinski definition) is 10. The second-order valence-electron chi connectivity index (χ2n) is 13.6. The van der Waals surface area contributed by atoms with Gasteiger partial charge in [0.15, 0.2) is 0 Å². The summed E-state index contributed by atoms with van der Waals surface area (Å²) >= 11 is 0. The fraction of sp³-hybridized carbons (Fsp3) is 0.419. The number of hydrogen-bond donors (Lipinski definition) is 1. The van der Waals surface area contributed by atoms with Crippen molar-refractivity contribution in [1.29, 1.82) is 0 Å². The zero-order valence-corrected chi connectivity index (χ0v) is 31.2. The number of benzene rings is 4. The summed E-state index contributed by atoms with van der Waals surface area (Å²) in [5.74, 6) is 1.30. The van der Waals surface area contributed by atoms with Crippen molar-refractivity contribution < 1.29 is 43.1 Å². The lowest BCUT2D eigenvalue weighted by Gasteiger charge is -2.43. The highest BCUT2D eigenvalue weighted by molar-refractivity contribution is 5.68. The first-order chi connectivity index (χ1) is 26.5. The highest BCUT2D eigenvalue weighted by Gasteiger charge is 2.42. The number of aliphatic hydroxyl groups is 1. The SMILES string of the molecule is COCCCN1CCOc2ccc(CO[C@H]3CN(C(=O)OCc4ccccc4)C[C@@H](OC[C@@H](O)COCc4ccccc4)[C@@H]3c3ccc(OC)cc3)cc21. The van der Waals surface area contributed by atoms with Crippen molar-refractivity contribution in [1.82, 2.24) is 4.90 Å². The molecule has 0 radical (unpaired) electrons. The Balaban J connectivity index is 1.21. The molecule has 0 saturated carbocycles. The summed E-state index contributed by atoms with van der Waals surface area (Å²) in [6.45, 7) is 4.44. The number of fused-ring (bicyclic) bond motifs is 1. The third kappa shape index (κ3) is 11.0. The average molecular weight is 741 g/mol. The van der Waals surface area contributed by atoms with E-state index in [1.54, 1.807) is 19.1 Å². The van der Waals surface area contributed by atoms with Gasteiger partial charge < -0.3 is 48.1 Å². The molecule has 4 atom stereocenters. The van der Waals surface area contributed by atoms with E-state index >= 15 is 0 Å². The van der Waals surface area contributed by atoms with Gasteiger partial charge in [0.25, 0.3) is 0 Å². The number of aliphatic hydroxyl groups excluding tert-OH is 1. The zero-order valence-electron chi connectivity index (χ0n) is 31.2. The Morgan fingerprint density at radius 2 is 1.52 bits per heavy atom. The Bertz CT molecular complexity index is 1710. The minimum Gasteiger partial charge on any atom is -0.497 e. The van der Waals surface area contributed by atoms with E-state index in [1.807, 2.05) is 97.1 Å². The Morgan fingerprint density at radius 3 is 2.22 bits per heavy atom. The van der Waals surface area contributed by atoms with Crippen LogP contribution in [0.2, 0.25) is 0 Å². The number of carbonyl (C=O) groups excluding carboxylic acids is 1. The number of ether oxygens (including phenoxy) is 7. The zero-order chi connectivity index (χ0) is 37.5. The highest BCUT2D eigenvalue weighted by atomic mass is 16.6. The second kappa shape index (κ2) is 20.1. The number of likely N-dealkylation sites (tertiary alicyclic amines) is 1. The van der Waals surface area contributed by atoms with Crippen LogP contribution in [-0.2, 0) is 43.5 Å². The van der Waals surface area contributed by atoms with Gasteiger partial charge in [-0.15, -0.1) is 0 Å². The van der Waals surface area contributed by atoms with Gasteiger partial charge in [0.2, 0.25) is 0 Å². The molecule has 1 fully saturated rings. The van der Waals surface area contributed by atoms with Crippen LogP contribution >= 0.6 is 0 Å². The van der Waals surface area contributed by atoms with E-state index in [0.29, 0.717) is 26.4 Å². The molecule has 2 heterocycles. The quantitative estimate of drug-likeness (QED) is 0.118. The molecule has 2 aliphatic heterocycles. The molecule has 0 aliphatic carbocycles. The van der Waals surface area contributed by atoms with Gasteiger partial charge in [-0.2, -0.15) is 0 Å². The number of nitrogens with zero attached hydrogens (tertiary/aromatic N) is 2. The summed E-state index contributed by atoms with van der Waals surface area (Å²) in [4.78, 5) is 17.6. The molecule has 0 spiro atoms. The van der Waals surface area contributed by atoms with Gasteiger partial charge in [0, 0.05) is 26.2 Å². The topological polar surface area (TPSA) is 108 Å². The first kappa shape index (κ1) is 39.1. The van der Waals surface area contributed by atoms with E-state index in [-0.39, 0.29) is 38.8 Å². The van der Waals surface area contributed by atoms with Crippen molar-refractivity contribution in [3.8, 4) is 11.5 Å². The third-order valence-electron chi connectivity index (χ3n) is 9.71. The summed E-state index contributed by atoms with van der Waals surface area (Å²) < 4.78 is 41.6. The van der Waals surface area contributed by atoms with Gasteiger partial charge in [0.1, 0.15) is 30.8 Å². The van der Waals surface area contributed by atoms with Crippen LogP contribution in [0.3, 0.4) is 0 Å². The maximum atomic E-state index is 13.7. The Morgan fingerprint density at radius 1 is 0.815 bits per heavy atom. The van der Waals surface area contributed by atoms with Crippen molar-refractivity contribution in [2.75, 3.05) is 71.7 Å². The molecule has 6 rings (SSSR count). The number of amides is 1. The van der Waals surface area contributed by atoms with Gasteiger partial charge in [-0.05, 0) is 52.9 Å². The molecule has 1 amide bonds. The molecule has 1 N–H and O–H groups in total. The van der Waals surface area contributed by atoms with E-state index in [9.17, 15) is 9.90 Å². The van der Waals surface area contributed by atoms with Crippen LogP contribution < -0.4 is 14.4 Å². The average Bonchev–Trinajstić information content (AvgIpc) is 3.22. The standard InChI is InChI=1S/C43H52N2O9/c1-48-22-9-20-44-21-23-51-39-19-14-34(24-38(39)44)29-52-40-25-45(43(47)54-28-33-12-7-4-8-13-33)26-41(42(40)35-15-17-37(49-2)18-16-35)53-31-36(46)30-50-27-32-10-5-3-6-11-32/h3-8,10-19,24,36,40-42,46H,9,20-23,25-31H2,1-2H3/t36-,40-,41+,42+/m0/s1. The lowest BCUT2D eigenvalue weighted by molar-refractivity contribution is -0.111. The second-order valence-corrected chi connectivity index (χ2v) is 13.6. The van der Waals surface area contributed by atoms with Crippen LogP contribution in [0.4, 0.5) is 10.5 Å². The molecular weight excluding hydrogens is 688 g/mol. The van der Waals surface area contributed by atoms with Gasteiger partial charge >= 0.3 is 6.09 Å². The van der Waals surface area contributed by atoms with E-state index < -0.39 is 24.4 Å². The number of methoxy groups -OCH3 is 2. The molecule has 4 aromatic rings. The van der Waals surface area contributed by atoms with Gasteiger partial charge in [-0.25, -0.2) is 4.79 Å². The first-order valence-corrected chi connectivity index (χ1v) is 18.6. The fourth-order valence-electron chi connectivity index (χ4n) is 6.92. The van der Waals surface area contributed by atoms with Crippen molar-refractivity contribution in [3.63, 3.8) is 0 Å². The number of carbonyl (C=O) groups is 1. The minimum absolute atomic E-state index is 0.00939. The molecule has 0 bridgehead atoms. The Kier molecular flexibility index (Phi) is 14.6. The van der Waals surface area contributed by atoms with Crippen LogP contribution in [0.25, 0.3) is 0 Å². The summed E-state index contributed by atoms with van der Waals surface area (Å²) in [6.07, 6.45) is -1.43. The maximum absolute atomic E-state index is 13.7. The monoisotopic (exact) mass is 740 g/mol. The maximum Gasteiger partial charge on any atom is 0.410 e. The predicted molar refractivity (Wildman–Crippen MR) is 205 cm³/mol. The molecule has 11 nitrogen and oxygen atoms in total. The normalized spacial score (nSPS) is 18.8. The predicted octanol–water partition coefficient (Wildman–Crippen LogP) is 6.21. The van der Waals surface area contributed by atoms with Crippen LogP contribution in [0.15, 0.2) is 103 Å². The van der Waals surface area contributed by atoms with Crippen molar-refractivity contribution in [2.24, 2.45) is 0 Å². The third-order valence-corrected chi connectivity index (χ3v) is 9.71. The van der Waals surface area contributed by atoms with E-state index in [1.165, 1.54) is 0 Å². The Hall–Kier alpha value is -4.65. The smallest absolute Gasteiger partial charge is 0.410 e. The lowest BCUT2D eigenvalue weighted by Crippen LogP contribution is -2.55. The first-order valence-electron chi connectivity index (χ1n) is 18.6. The fourth-order valence-corrected chi connectivity index (χ4v) is 6.92. The van der Waals surface area contributed by atoms with E-state index in [0.717, 1.165) is 59.0 Å². The number of anilines is 1. The molecular formula is C43H52N2O9. The van der Waals surface area contributed by atoms with E-state index in [4.69, 9.17) is 33.2 Å². The molecule has 4 aromatic carbocycles. The van der Waals surface area contributed by atoms with Crippen LogP contribution in [0.1, 0.15) is 34.6 Å². The summed E-state index contributed by atoms with van der Waals surface area (Å²) in [7, 11) is 3.35. The van der Waals surface area contributed by atoms with Crippen LogP contribution in [0, 0.1) is 0 Å². The largest absolute Gasteiger partial charge is 0.497 e. The summed E-state index contributed by atoms with van der Waals surface area (Å²) in [6, 6.07) is 33.4. The minimum atomic E-state index is -0.880. The molecule has 54 heavy (non-hydrogen) atoms. The molecule has 288 valence electrons. The Labute approximate surface area is 318 Å². The molecule has 11 heteroatoms. The van der Waals surface area contributed by atoms with Crippen LogP contribution in [0.5, 0.6) is 11.5 Å². The van der Waals surface area contributed by atoms with Crippen molar-refractivity contribution in [2.45, 2.75) is 50.5 Å². The van der Waals surface area contributed by atoms with Crippen molar-refractivity contribution >= 4 is 11.8 Å². The number of piperidine rings is 1. The summed E-state index contributed by atoms with van der Waals surface area (Å²) in [5.41, 5.74) is 4.90. The van der Waals surface area contributed by atoms with Gasteiger partial charge in [-0.1, -0.05) is 78.9 Å².